The zero-order chi connectivity index (χ0) is 17.9. The molecule has 0 unspecified atom stereocenters. The van der Waals surface area contributed by atoms with Crippen LogP contribution in [-0.4, -0.2) is 15.9 Å². The van der Waals surface area contributed by atoms with Crippen molar-refractivity contribution >= 4 is 22.7 Å². The number of amides is 1. The third kappa shape index (κ3) is 3.19. The average Bonchev–Trinajstić information content (AvgIpc) is 3.12. The van der Waals surface area contributed by atoms with Crippen LogP contribution in [0, 0.1) is 0 Å². The molecule has 128 valence electrons. The Morgan fingerprint density at radius 1 is 1.04 bits per heavy atom. The first-order valence-electron chi connectivity index (χ1n) is 8.37. The Morgan fingerprint density at radius 2 is 1.81 bits per heavy atom. The first kappa shape index (κ1) is 16.0. The number of oxazole rings is 1. The van der Waals surface area contributed by atoms with Gasteiger partial charge in [0.05, 0.1) is 5.92 Å². The Bertz CT molecular complexity index is 1040. The summed E-state index contributed by atoms with van der Waals surface area (Å²) in [7, 11) is 0. The Morgan fingerprint density at radius 3 is 2.58 bits per heavy atom. The molecule has 0 aliphatic carbocycles. The number of anilines is 1. The summed E-state index contributed by atoms with van der Waals surface area (Å²) in [5.41, 5.74) is 3.90. The number of nitrogens with one attached hydrogen (secondary N) is 1. The van der Waals surface area contributed by atoms with Crippen molar-refractivity contribution in [2.75, 3.05) is 5.32 Å². The molecule has 1 amide bonds. The molecule has 2 aromatic carbocycles. The lowest BCUT2D eigenvalue weighted by Gasteiger charge is -2.12. The van der Waals surface area contributed by atoms with Gasteiger partial charge < -0.3 is 9.73 Å². The maximum absolute atomic E-state index is 12.5. The number of fused-ring (bicyclic) bond motifs is 1. The highest BCUT2D eigenvalue weighted by molar-refractivity contribution is 5.97. The van der Waals surface area contributed by atoms with Gasteiger partial charge in [0, 0.05) is 23.6 Å². The first-order valence-corrected chi connectivity index (χ1v) is 8.37. The Labute approximate surface area is 150 Å². The third-order valence-corrected chi connectivity index (χ3v) is 4.28. The molecule has 4 rings (SSSR count). The van der Waals surface area contributed by atoms with Crippen molar-refractivity contribution in [3.8, 4) is 11.5 Å². The third-order valence-electron chi connectivity index (χ3n) is 4.28. The van der Waals surface area contributed by atoms with Crippen LogP contribution in [0.3, 0.4) is 0 Å². The lowest BCUT2D eigenvalue weighted by molar-refractivity contribution is -0.117. The predicted octanol–water partition coefficient (Wildman–Crippen LogP) is 4.63. The van der Waals surface area contributed by atoms with E-state index in [4.69, 9.17) is 4.42 Å². The molecule has 5 heteroatoms. The van der Waals surface area contributed by atoms with Gasteiger partial charge >= 0.3 is 0 Å². The van der Waals surface area contributed by atoms with Crippen LogP contribution in [0.1, 0.15) is 18.4 Å². The normalized spacial score (nSPS) is 12.0. The number of carbonyl (C=O) groups is 1. The van der Waals surface area contributed by atoms with E-state index in [2.05, 4.69) is 15.3 Å². The topological polar surface area (TPSA) is 68.0 Å². The van der Waals surface area contributed by atoms with Crippen LogP contribution in [0.25, 0.3) is 22.6 Å². The van der Waals surface area contributed by atoms with Gasteiger partial charge in [-0.15, -0.1) is 0 Å². The van der Waals surface area contributed by atoms with E-state index in [1.807, 2.05) is 67.6 Å². The highest BCUT2D eigenvalue weighted by atomic mass is 16.3. The number of carbonyl (C=O) groups excluding carboxylic acids is 1. The highest BCUT2D eigenvalue weighted by Crippen LogP contribution is 2.26. The molecule has 0 spiro atoms. The van der Waals surface area contributed by atoms with Crippen LogP contribution in [0.2, 0.25) is 0 Å². The molecule has 0 aliphatic rings. The van der Waals surface area contributed by atoms with Gasteiger partial charge in [-0.3, -0.25) is 9.78 Å². The average molecular weight is 343 g/mol. The molecule has 1 N–H and O–H groups in total. The SMILES string of the molecule is C[C@H](C(=O)Nc1ccc2oc(-c3ccncc3)nc2c1)c1ccccc1. The Kier molecular flexibility index (Phi) is 4.19. The number of benzene rings is 2. The van der Waals surface area contributed by atoms with Crippen molar-refractivity contribution < 1.29 is 9.21 Å². The summed E-state index contributed by atoms with van der Waals surface area (Å²) in [4.78, 5) is 21.0. The van der Waals surface area contributed by atoms with Crippen LogP contribution in [0.15, 0.2) is 77.5 Å². The molecule has 0 aliphatic heterocycles. The van der Waals surface area contributed by atoms with Crippen molar-refractivity contribution in [3.63, 3.8) is 0 Å². The van der Waals surface area contributed by atoms with Gasteiger partial charge in [0.15, 0.2) is 5.58 Å². The summed E-state index contributed by atoms with van der Waals surface area (Å²) in [6, 6.07) is 18.8. The highest BCUT2D eigenvalue weighted by Gasteiger charge is 2.16. The second kappa shape index (κ2) is 6.80. The van der Waals surface area contributed by atoms with Crippen LogP contribution in [0.5, 0.6) is 0 Å². The number of pyridine rings is 1. The number of aromatic nitrogens is 2. The first-order chi connectivity index (χ1) is 12.7. The van der Waals surface area contributed by atoms with Crippen molar-refractivity contribution in [2.45, 2.75) is 12.8 Å². The van der Waals surface area contributed by atoms with Crippen molar-refractivity contribution in [3.05, 3.63) is 78.6 Å². The minimum Gasteiger partial charge on any atom is -0.436 e. The minimum absolute atomic E-state index is 0.0617. The molecule has 0 saturated heterocycles. The van der Waals surface area contributed by atoms with Gasteiger partial charge in [-0.1, -0.05) is 30.3 Å². The molecule has 2 aromatic heterocycles. The maximum atomic E-state index is 12.5. The van der Waals surface area contributed by atoms with E-state index in [1.54, 1.807) is 12.4 Å². The number of hydrogen-bond donors (Lipinski definition) is 1. The summed E-state index contributed by atoms with van der Waals surface area (Å²) in [6.07, 6.45) is 3.39. The van der Waals surface area contributed by atoms with E-state index < -0.39 is 0 Å². The van der Waals surface area contributed by atoms with Crippen LogP contribution < -0.4 is 5.32 Å². The molecular weight excluding hydrogens is 326 g/mol. The number of nitrogens with zero attached hydrogens (tertiary/aromatic N) is 2. The molecule has 0 radical (unpaired) electrons. The van der Waals surface area contributed by atoms with E-state index in [1.165, 1.54) is 0 Å². The summed E-state index contributed by atoms with van der Waals surface area (Å²) < 4.78 is 5.78. The summed E-state index contributed by atoms with van der Waals surface area (Å²) in [5.74, 6) is 0.230. The fourth-order valence-electron chi connectivity index (χ4n) is 2.77. The van der Waals surface area contributed by atoms with E-state index in [9.17, 15) is 4.79 Å². The largest absolute Gasteiger partial charge is 0.436 e. The molecule has 0 bridgehead atoms. The van der Waals surface area contributed by atoms with Gasteiger partial charge in [-0.25, -0.2) is 4.98 Å². The predicted molar refractivity (Wildman–Crippen MR) is 101 cm³/mol. The minimum atomic E-state index is -0.239. The fraction of sp³-hybridized carbons (Fsp3) is 0.0952. The van der Waals surface area contributed by atoms with E-state index in [0.717, 1.165) is 11.1 Å². The second-order valence-electron chi connectivity index (χ2n) is 6.06. The summed E-state index contributed by atoms with van der Waals surface area (Å²) in [6.45, 7) is 1.89. The molecule has 4 aromatic rings. The summed E-state index contributed by atoms with van der Waals surface area (Å²) >= 11 is 0. The molecule has 2 heterocycles. The molecule has 0 saturated carbocycles. The van der Waals surface area contributed by atoms with Crippen molar-refractivity contribution in [2.24, 2.45) is 0 Å². The summed E-state index contributed by atoms with van der Waals surface area (Å²) in [5, 5.41) is 2.95. The molecule has 5 nitrogen and oxygen atoms in total. The van der Waals surface area contributed by atoms with E-state index in [0.29, 0.717) is 22.7 Å². The van der Waals surface area contributed by atoms with Gasteiger partial charge in [-0.2, -0.15) is 0 Å². The Hall–Kier alpha value is -3.47. The standard InChI is InChI=1S/C21H17N3O2/c1-14(15-5-3-2-4-6-15)20(25)23-17-7-8-19-18(13-17)24-21(26-19)16-9-11-22-12-10-16/h2-14H,1H3,(H,23,25)/t14-/m0/s1. The molecule has 26 heavy (non-hydrogen) atoms. The van der Waals surface area contributed by atoms with Gasteiger partial charge in [-0.05, 0) is 42.8 Å². The monoisotopic (exact) mass is 343 g/mol. The van der Waals surface area contributed by atoms with Crippen LogP contribution in [0.4, 0.5) is 5.69 Å². The second-order valence-corrected chi connectivity index (χ2v) is 6.06. The maximum Gasteiger partial charge on any atom is 0.231 e. The zero-order valence-electron chi connectivity index (χ0n) is 14.2. The molecular formula is C21H17N3O2. The number of hydrogen-bond acceptors (Lipinski definition) is 4. The lowest BCUT2D eigenvalue weighted by Crippen LogP contribution is -2.18. The van der Waals surface area contributed by atoms with Crippen LogP contribution >= 0.6 is 0 Å². The van der Waals surface area contributed by atoms with Gasteiger partial charge in [0.2, 0.25) is 11.8 Å². The quantitative estimate of drug-likeness (QED) is 0.586. The molecule has 1 atom stereocenters. The van der Waals surface area contributed by atoms with Crippen molar-refractivity contribution in [1.29, 1.82) is 0 Å². The van der Waals surface area contributed by atoms with Crippen LogP contribution in [-0.2, 0) is 4.79 Å². The van der Waals surface area contributed by atoms with Gasteiger partial charge in [0.1, 0.15) is 5.52 Å². The lowest BCUT2D eigenvalue weighted by atomic mass is 10.0. The number of rotatable bonds is 4. The zero-order valence-corrected chi connectivity index (χ0v) is 14.2. The smallest absolute Gasteiger partial charge is 0.231 e. The molecule has 0 fully saturated rings. The van der Waals surface area contributed by atoms with E-state index in [-0.39, 0.29) is 11.8 Å². The van der Waals surface area contributed by atoms with Gasteiger partial charge in [0.25, 0.3) is 0 Å². The van der Waals surface area contributed by atoms with Crippen molar-refractivity contribution in [1.82, 2.24) is 9.97 Å². The fourth-order valence-corrected chi connectivity index (χ4v) is 2.77. The van der Waals surface area contributed by atoms with E-state index >= 15 is 0 Å². The Balaban J connectivity index is 1.57.